The summed E-state index contributed by atoms with van der Waals surface area (Å²) in [6, 6.07) is 39.3. The zero-order valence-electron chi connectivity index (χ0n) is 26.5. The first-order valence-corrected chi connectivity index (χ1v) is 15.4. The molecule has 0 saturated carbocycles. The Morgan fingerprint density at radius 2 is 0.739 bits per heavy atom. The highest BCUT2D eigenvalue weighted by Gasteiger charge is 2.40. The third-order valence-corrected chi connectivity index (χ3v) is 8.97. The topological polar surface area (TPSA) is 59.1 Å². The van der Waals surface area contributed by atoms with Crippen LogP contribution in [0.1, 0.15) is 36.1 Å². The fraction of sp³-hybridized carbons (Fsp3) is 0.316. The van der Waals surface area contributed by atoms with E-state index in [1.54, 1.807) is 0 Å². The van der Waals surface area contributed by atoms with E-state index >= 15 is 0 Å². The van der Waals surface area contributed by atoms with E-state index in [-0.39, 0.29) is 36.8 Å². The van der Waals surface area contributed by atoms with Gasteiger partial charge < -0.3 is 9.47 Å². The molecule has 1 aliphatic rings. The third kappa shape index (κ3) is 8.37. The third-order valence-electron chi connectivity index (χ3n) is 8.97. The second-order valence-corrected chi connectivity index (χ2v) is 11.7. The van der Waals surface area contributed by atoms with Gasteiger partial charge in [-0.05, 0) is 36.1 Å². The van der Waals surface area contributed by atoms with Crippen molar-refractivity contribution >= 4 is 36.8 Å². The van der Waals surface area contributed by atoms with E-state index in [0.29, 0.717) is 26.3 Å². The van der Waals surface area contributed by atoms with Crippen molar-refractivity contribution < 1.29 is 19.1 Å². The molecule has 0 aliphatic carbocycles. The van der Waals surface area contributed by atoms with Crippen LogP contribution >= 0.6 is 24.8 Å². The van der Waals surface area contributed by atoms with Crippen LogP contribution in [0.4, 0.5) is 0 Å². The lowest BCUT2D eigenvalue weighted by Crippen LogP contribution is -2.48. The lowest BCUT2D eigenvalue weighted by atomic mass is 9.76. The van der Waals surface area contributed by atoms with E-state index in [0.717, 1.165) is 48.4 Å². The van der Waals surface area contributed by atoms with Crippen molar-refractivity contribution in [3.63, 3.8) is 0 Å². The molecule has 6 nitrogen and oxygen atoms in total. The van der Waals surface area contributed by atoms with E-state index < -0.39 is 10.8 Å². The minimum Gasteiger partial charge on any atom is -0.463 e. The van der Waals surface area contributed by atoms with E-state index in [1.807, 2.05) is 135 Å². The number of rotatable bonds is 12. The minimum absolute atomic E-state index is 0. The Morgan fingerprint density at radius 3 is 0.978 bits per heavy atom. The molecule has 0 bridgehead atoms. The highest BCUT2D eigenvalue weighted by atomic mass is 35.5. The molecule has 0 unspecified atom stereocenters. The van der Waals surface area contributed by atoms with Crippen LogP contribution in [0.25, 0.3) is 0 Å². The van der Waals surface area contributed by atoms with Crippen LogP contribution in [0, 0.1) is 0 Å². The zero-order chi connectivity index (χ0) is 30.8. The number of hydrogen-bond donors (Lipinski definition) is 0. The van der Waals surface area contributed by atoms with Crippen molar-refractivity contribution in [1.29, 1.82) is 0 Å². The Kier molecular flexibility index (Phi) is 13.8. The Bertz CT molecular complexity index is 1290. The van der Waals surface area contributed by atoms with Crippen LogP contribution in [-0.4, -0.2) is 74.2 Å². The minimum atomic E-state index is -0.879. The van der Waals surface area contributed by atoms with Crippen LogP contribution in [0.3, 0.4) is 0 Å². The summed E-state index contributed by atoms with van der Waals surface area (Å²) in [7, 11) is 0. The van der Waals surface area contributed by atoms with Gasteiger partial charge in [0.2, 0.25) is 0 Å². The molecule has 1 saturated heterocycles. The predicted molar refractivity (Wildman–Crippen MR) is 188 cm³/mol. The molecule has 0 spiro atoms. The van der Waals surface area contributed by atoms with Crippen LogP contribution in [0.15, 0.2) is 121 Å². The number of hydrogen-bond acceptors (Lipinski definition) is 6. The molecule has 244 valence electrons. The fourth-order valence-electron chi connectivity index (χ4n) is 5.95. The van der Waals surface area contributed by atoms with Gasteiger partial charge in [-0.2, -0.15) is 0 Å². The second kappa shape index (κ2) is 17.3. The lowest BCUT2D eigenvalue weighted by molar-refractivity contribution is -0.150. The van der Waals surface area contributed by atoms with E-state index in [2.05, 4.69) is 9.80 Å². The first-order chi connectivity index (χ1) is 21.4. The maximum absolute atomic E-state index is 13.5. The summed E-state index contributed by atoms with van der Waals surface area (Å²) in [4.78, 5) is 31.6. The number of esters is 2. The maximum Gasteiger partial charge on any atom is 0.320 e. The van der Waals surface area contributed by atoms with E-state index in [4.69, 9.17) is 9.47 Å². The summed E-state index contributed by atoms with van der Waals surface area (Å²) in [6.07, 6.45) is 0. The summed E-state index contributed by atoms with van der Waals surface area (Å²) < 4.78 is 11.8. The van der Waals surface area contributed by atoms with Gasteiger partial charge in [-0.3, -0.25) is 19.4 Å². The molecule has 1 aliphatic heterocycles. The first kappa shape index (κ1) is 36.8. The number of piperazine rings is 1. The van der Waals surface area contributed by atoms with Gasteiger partial charge in [0.1, 0.15) is 24.0 Å². The van der Waals surface area contributed by atoms with Crippen molar-refractivity contribution in [2.75, 3.05) is 52.5 Å². The quantitative estimate of drug-likeness (QED) is 0.161. The fourth-order valence-corrected chi connectivity index (χ4v) is 5.95. The average Bonchev–Trinajstić information content (AvgIpc) is 3.09. The van der Waals surface area contributed by atoms with Gasteiger partial charge >= 0.3 is 11.9 Å². The summed E-state index contributed by atoms with van der Waals surface area (Å²) in [5.41, 5.74) is 1.90. The van der Waals surface area contributed by atoms with Crippen molar-refractivity contribution in [3.8, 4) is 0 Å². The molecule has 4 aromatic rings. The molecule has 0 atom stereocenters. The van der Waals surface area contributed by atoms with Gasteiger partial charge in [0.25, 0.3) is 0 Å². The molecular weight excluding hydrogens is 619 g/mol. The van der Waals surface area contributed by atoms with Gasteiger partial charge in [0.15, 0.2) is 0 Å². The Hall–Kier alpha value is -3.68. The molecular formula is C38H44Cl2N2O4. The largest absolute Gasteiger partial charge is 0.463 e. The number of halogens is 2. The zero-order valence-corrected chi connectivity index (χ0v) is 28.2. The molecule has 46 heavy (non-hydrogen) atoms. The lowest BCUT2D eigenvalue weighted by Gasteiger charge is -2.35. The normalized spacial score (nSPS) is 14.0. The molecule has 0 N–H and O–H groups in total. The molecule has 4 aromatic carbocycles. The predicted octanol–water partition coefficient (Wildman–Crippen LogP) is 6.55. The molecule has 0 radical (unpaired) electrons. The maximum atomic E-state index is 13.5. The number of nitrogens with zero attached hydrogens (tertiary/aromatic N) is 2. The number of benzene rings is 4. The van der Waals surface area contributed by atoms with Crippen molar-refractivity contribution in [3.05, 3.63) is 144 Å². The van der Waals surface area contributed by atoms with Crippen molar-refractivity contribution in [2.45, 2.75) is 24.7 Å². The number of carbonyl (C=O) groups is 2. The van der Waals surface area contributed by atoms with Gasteiger partial charge in [0.05, 0.1) is 0 Å². The van der Waals surface area contributed by atoms with Crippen LogP contribution < -0.4 is 0 Å². The molecule has 5 rings (SSSR count). The molecule has 1 heterocycles. The highest BCUT2D eigenvalue weighted by molar-refractivity contribution is 5.88. The summed E-state index contributed by atoms with van der Waals surface area (Å²) >= 11 is 0. The first-order valence-electron chi connectivity index (χ1n) is 15.4. The highest BCUT2D eigenvalue weighted by Crippen LogP contribution is 2.34. The Balaban J connectivity index is 0.00000288. The number of ether oxygens (including phenoxy) is 2. The van der Waals surface area contributed by atoms with E-state index in [9.17, 15) is 9.59 Å². The smallest absolute Gasteiger partial charge is 0.320 e. The molecule has 8 heteroatoms. The van der Waals surface area contributed by atoms with Crippen LogP contribution in [0.5, 0.6) is 0 Å². The second-order valence-electron chi connectivity index (χ2n) is 11.7. The van der Waals surface area contributed by atoms with E-state index in [1.165, 1.54) is 0 Å². The Morgan fingerprint density at radius 1 is 0.500 bits per heavy atom. The van der Waals surface area contributed by atoms with Crippen LogP contribution in [0.2, 0.25) is 0 Å². The van der Waals surface area contributed by atoms with Crippen molar-refractivity contribution in [2.24, 2.45) is 0 Å². The van der Waals surface area contributed by atoms with Gasteiger partial charge in [-0.25, -0.2) is 0 Å². The summed E-state index contributed by atoms with van der Waals surface area (Å²) in [6.45, 7) is 9.38. The van der Waals surface area contributed by atoms with Gasteiger partial charge in [0, 0.05) is 39.3 Å². The summed E-state index contributed by atoms with van der Waals surface area (Å²) in [5.74, 6) is -0.485. The number of carbonyl (C=O) groups excluding carboxylic acids is 2. The Labute approximate surface area is 285 Å². The monoisotopic (exact) mass is 662 g/mol. The molecule has 0 aromatic heterocycles. The molecule has 0 amide bonds. The van der Waals surface area contributed by atoms with Gasteiger partial charge in [-0.15, -0.1) is 24.8 Å². The SMILES string of the molecule is CC(C(=O)OCCN1CCN(CCOC(=O)C(C)(c2ccccc2)c2ccccc2)CC1)(c1ccccc1)c1ccccc1.Cl.Cl. The van der Waals surface area contributed by atoms with Crippen molar-refractivity contribution in [1.82, 2.24) is 9.80 Å². The average molecular weight is 664 g/mol. The van der Waals surface area contributed by atoms with Gasteiger partial charge in [-0.1, -0.05) is 121 Å². The summed E-state index contributed by atoms with van der Waals surface area (Å²) in [5, 5.41) is 0. The standard InChI is InChI=1S/C38H42N2O4.2ClH/c1-37(31-15-7-3-8-16-31,32-17-9-4-10-18-32)35(41)43-29-27-39-23-25-40(26-24-39)28-30-44-36(42)38(2,33-19-11-5-12-20-33)34-21-13-6-14-22-34;;/h3-22H,23-30H2,1-2H3;2*1H. The van der Waals surface area contributed by atoms with Crippen LogP contribution in [-0.2, 0) is 29.9 Å². The molecule has 1 fully saturated rings.